The van der Waals surface area contributed by atoms with Gasteiger partial charge in [-0.25, -0.2) is 0 Å². The Bertz CT molecular complexity index is 1050. The van der Waals surface area contributed by atoms with Gasteiger partial charge in [-0.1, -0.05) is 142 Å². The molecule has 0 bridgehead atoms. The van der Waals surface area contributed by atoms with E-state index >= 15 is 0 Å². The molecular weight excluding hydrogens is 548 g/mol. The molecular formula is C35H49BrO3. The molecule has 0 amide bonds. The number of hydrogen-bond donors (Lipinski definition) is 0. The maximum Gasteiger partial charge on any atom is 0.127 e. The van der Waals surface area contributed by atoms with E-state index < -0.39 is 0 Å². The Morgan fingerprint density at radius 3 is 1.90 bits per heavy atom. The summed E-state index contributed by atoms with van der Waals surface area (Å²) in [6, 6.07) is 22.8. The lowest BCUT2D eigenvalue weighted by Gasteiger charge is -2.27. The Balaban J connectivity index is 1.53. The molecule has 0 N–H and O–H groups in total. The first-order valence-electron chi connectivity index (χ1n) is 15.2. The third-order valence-electron chi connectivity index (χ3n) is 7.31. The molecule has 3 rings (SSSR count). The molecule has 39 heavy (non-hydrogen) atoms. The lowest BCUT2D eigenvalue weighted by molar-refractivity contribution is -0.0257. The maximum atomic E-state index is 6.64. The smallest absolute Gasteiger partial charge is 0.127 e. The summed E-state index contributed by atoms with van der Waals surface area (Å²) in [6.07, 6.45) is 14.0. The van der Waals surface area contributed by atoms with E-state index in [1.165, 1.54) is 63.4 Å². The molecule has 3 nitrogen and oxygen atoms in total. The number of alkyl halides is 1. The highest BCUT2D eigenvalue weighted by Gasteiger charge is 2.23. The summed E-state index contributed by atoms with van der Waals surface area (Å²) < 4.78 is 19.2. The van der Waals surface area contributed by atoms with Crippen LogP contribution in [0.15, 0.2) is 66.7 Å². The standard InChI is InChI=1S/C35H49BrO3/c1-4-5-6-7-8-9-10-11-12-16-25-37-33-23-17-22-32-31(33)21-18-24-34(32)39-35(26-28(2)36)29(3)38-27-30-19-14-13-15-20-30/h13-15,17-24,28-29,35H,4-12,16,25-27H2,1-3H3. The van der Waals surface area contributed by atoms with Gasteiger partial charge in [-0.2, -0.15) is 0 Å². The second kappa shape index (κ2) is 18.3. The van der Waals surface area contributed by atoms with E-state index in [0.717, 1.165) is 41.7 Å². The van der Waals surface area contributed by atoms with Crippen LogP contribution in [0.5, 0.6) is 11.5 Å². The van der Waals surface area contributed by atoms with Crippen molar-refractivity contribution >= 4 is 26.7 Å². The van der Waals surface area contributed by atoms with Gasteiger partial charge in [-0.3, -0.25) is 0 Å². The van der Waals surface area contributed by atoms with Crippen molar-refractivity contribution in [3.63, 3.8) is 0 Å². The summed E-state index contributed by atoms with van der Waals surface area (Å²) in [5.74, 6) is 1.82. The monoisotopic (exact) mass is 596 g/mol. The molecule has 0 spiro atoms. The van der Waals surface area contributed by atoms with E-state index in [-0.39, 0.29) is 12.2 Å². The van der Waals surface area contributed by atoms with Crippen molar-refractivity contribution in [1.82, 2.24) is 0 Å². The highest BCUT2D eigenvalue weighted by atomic mass is 79.9. The van der Waals surface area contributed by atoms with E-state index in [2.05, 4.69) is 85.2 Å². The first kappa shape index (κ1) is 31.5. The van der Waals surface area contributed by atoms with Crippen LogP contribution >= 0.6 is 15.9 Å². The van der Waals surface area contributed by atoms with Crippen LogP contribution in [0.1, 0.15) is 97.0 Å². The van der Waals surface area contributed by atoms with E-state index in [9.17, 15) is 0 Å². The van der Waals surface area contributed by atoms with Crippen LogP contribution in [0, 0.1) is 0 Å². The Labute approximate surface area is 245 Å². The highest BCUT2D eigenvalue weighted by molar-refractivity contribution is 9.09. The van der Waals surface area contributed by atoms with Crippen LogP contribution in [0.2, 0.25) is 0 Å². The second-order valence-corrected chi connectivity index (χ2v) is 12.4. The molecule has 0 saturated heterocycles. The normalized spacial score (nSPS) is 13.7. The average Bonchev–Trinajstić information content (AvgIpc) is 2.95. The van der Waals surface area contributed by atoms with Gasteiger partial charge in [0.15, 0.2) is 0 Å². The van der Waals surface area contributed by atoms with Gasteiger partial charge in [0.25, 0.3) is 0 Å². The van der Waals surface area contributed by atoms with Gasteiger partial charge in [0.05, 0.1) is 19.3 Å². The quantitative estimate of drug-likeness (QED) is 0.0958. The molecule has 0 heterocycles. The highest BCUT2D eigenvalue weighted by Crippen LogP contribution is 2.34. The molecule has 4 heteroatoms. The zero-order valence-corrected chi connectivity index (χ0v) is 26.0. The summed E-state index contributed by atoms with van der Waals surface area (Å²) in [4.78, 5) is 0.320. The first-order chi connectivity index (χ1) is 19.1. The predicted octanol–water partition coefficient (Wildman–Crippen LogP) is 10.7. The topological polar surface area (TPSA) is 27.7 Å². The van der Waals surface area contributed by atoms with Gasteiger partial charge in [-0.15, -0.1) is 0 Å². The van der Waals surface area contributed by atoms with Crippen LogP contribution in [0.25, 0.3) is 10.8 Å². The number of fused-ring (bicyclic) bond motifs is 1. The van der Waals surface area contributed by atoms with Crippen molar-refractivity contribution in [3.8, 4) is 11.5 Å². The summed E-state index contributed by atoms with van der Waals surface area (Å²) in [5, 5.41) is 2.19. The number of hydrogen-bond acceptors (Lipinski definition) is 3. The van der Waals surface area contributed by atoms with Crippen molar-refractivity contribution in [1.29, 1.82) is 0 Å². The minimum atomic E-state index is -0.0788. The van der Waals surface area contributed by atoms with E-state index in [4.69, 9.17) is 14.2 Å². The fourth-order valence-corrected chi connectivity index (χ4v) is 5.35. The Hall–Kier alpha value is -2.04. The first-order valence-corrected chi connectivity index (χ1v) is 16.1. The van der Waals surface area contributed by atoms with E-state index in [1.807, 2.05) is 18.2 Å². The molecule has 0 radical (unpaired) electrons. The van der Waals surface area contributed by atoms with Crippen LogP contribution in [0.4, 0.5) is 0 Å². The van der Waals surface area contributed by atoms with Gasteiger partial charge in [0, 0.05) is 15.6 Å². The van der Waals surface area contributed by atoms with Gasteiger partial charge in [-0.05, 0) is 37.5 Å². The van der Waals surface area contributed by atoms with Crippen molar-refractivity contribution in [2.45, 2.75) is 115 Å². The number of benzene rings is 3. The molecule has 3 unspecified atom stereocenters. The second-order valence-electron chi connectivity index (χ2n) is 10.8. The van der Waals surface area contributed by atoms with E-state index in [1.54, 1.807) is 0 Å². The minimum Gasteiger partial charge on any atom is -0.493 e. The van der Waals surface area contributed by atoms with Gasteiger partial charge < -0.3 is 14.2 Å². The largest absolute Gasteiger partial charge is 0.493 e. The fourth-order valence-electron chi connectivity index (χ4n) is 4.98. The molecule has 214 valence electrons. The van der Waals surface area contributed by atoms with Gasteiger partial charge >= 0.3 is 0 Å². The molecule has 0 aliphatic heterocycles. The van der Waals surface area contributed by atoms with Crippen LogP contribution in [-0.2, 0) is 11.3 Å². The van der Waals surface area contributed by atoms with E-state index in [0.29, 0.717) is 11.4 Å². The summed E-state index contributed by atoms with van der Waals surface area (Å²) in [6.45, 7) is 7.87. The minimum absolute atomic E-state index is 0.0590. The lowest BCUT2D eigenvalue weighted by Crippen LogP contribution is -2.33. The summed E-state index contributed by atoms with van der Waals surface area (Å²) in [7, 11) is 0. The molecule has 0 aromatic heterocycles. The molecule has 0 fully saturated rings. The number of ether oxygens (including phenoxy) is 3. The Morgan fingerprint density at radius 2 is 1.26 bits per heavy atom. The maximum absolute atomic E-state index is 6.64. The third kappa shape index (κ3) is 11.5. The van der Waals surface area contributed by atoms with Gasteiger partial charge in [0.2, 0.25) is 0 Å². The average molecular weight is 598 g/mol. The van der Waals surface area contributed by atoms with Crippen LogP contribution < -0.4 is 9.47 Å². The number of halogens is 1. The zero-order valence-electron chi connectivity index (χ0n) is 24.4. The molecule has 0 aliphatic rings. The van der Waals surface area contributed by atoms with Gasteiger partial charge in [0.1, 0.15) is 17.6 Å². The Morgan fingerprint density at radius 1 is 0.667 bits per heavy atom. The number of unbranched alkanes of at least 4 members (excludes halogenated alkanes) is 9. The van der Waals surface area contributed by atoms with Crippen molar-refractivity contribution in [2.24, 2.45) is 0 Å². The zero-order chi connectivity index (χ0) is 27.7. The summed E-state index contributed by atoms with van der Waals surface area (Å²) >= 11 is 3.73. The van der Waals surface area contributed by atoms with Crippen molar-refractivity contribution < 1.29 is 14.2 Å². The van der Waals surface area contributed by atoms with Crippen molar-refractivity contribution in [2.75, 3.05) is 6.61 Å². The molecule has 0 aliphatic carbocycles. The molecule has 0 saturated carbocycles. The number of rotatable bonds is 20. The van der Waals surface area contributed by atoms with Crippen LogP contribution in [0.3, 0.4) is 0 Å². The predicted molar refractivity (Wildman–Crippen MR) is 169 cm³/mol. The molecule has 3 aromatic rings. The SMILES string of the molecule is CCCCCCCCCCCCOc1cccc2c(OC(CC(C)Br)C(C)OCc3ccccc3)cccc12. The fraction of sp³-hybridized carbons (Fsp3) is 0.543. The Kier molecular flexibility index (Phi) is 14.8. The van der Waals surface area contributed by atoms with Crippen molar-refractivity contribution in [3.05, 3.63) is 72.3 Å². The molecule has 3 atom stereocenters. The molecule has 3 aromatic carbocycles. The third-order valence-corrected chi connectivity index (χ3v) is 7.69. The van der Waals surface area contributed by atoms with Crippen LogP contribution in [-0.4, -0.2) is 23.6 Å². The summed E-state index contributed by atoms with van der Waals surface area (Å²) in [5.41, 5.74) is 1.17. The lowest BCUT2D eigenvalue weighted by atomic mass is 10.1.